The second-order valence-corrected chi connectivity index (χ2v) is 5.26. The summed E-state index contributed by atoms with van der Waals surface area (Å²) in [5.74, 6) is 0. The SMILES string of the molecule is N#C/C=C1/C=CC(O)CC1OC1OC(CO)C(O)C(O)C1O. The first kappa shape index (κ1) is 17.1. The van der Waals surface area contributed by atoms with Gasteiger partial charge in [0.25, 0.3) is 0 Å². The molecule has 22 heavy (non-hydrogen) atoms. The summed E-state index contributed by atoms with van der Waals surface area (Å²) in [5, 5.41) is 56.9. The van der Waals surface area contributed by atoms with Crippen molar-refractivity contribution in [1.29, 1.82) is 5.26 Å². The van der Waals surface area contributed by atoms with Crippen molar-refractivity contribution in [3.63, 3.8) is 0 Å². The molecule has 0 radical (unpaired) electrons. The zero-order valence-electron chi connectivity index (χ0n) is 11.7. The monoisotopic (exact) mass is 313 g/mol. The molecule has 8 nitrogen and oxygen atoms in total. The fourth-order valence-electron chi connectivity index (χ4n) is 2.45. The first-order valence-corrected chi connectivity index (χ1v) is 6.89. The van der Waals surface area contributed by atoms with E-state index >= 15 is 0 Å². The van der Waals surface area contributed by atoms with Crippen LogP contribution < -0.4 is 0 Å². The second-order valence-electron chi connectivity index (χ2n) is 5.26. The lowest BCUT2D eigenvalue weighted by atomic mass is 9.95. The van der Waals surface area contributed by atoms with E-state index in [1.165, 1.54) is 18.2 Å². The van der Waals surface area contributed by atoms with E-state index in [1.54, 1.807) is 0 Å². The van der Waals surface area contributed by atoms with Gasteiger partial charge in [-0.2, -0.15) is 5.26 Å². The molecule has 1 heterocycles. The average molecular weight is 313 g/mol. The minimum absolute atomic E-state index is 0.152. The average Bonchev–Trinajstić information content (AvgIpc) is 2.50. The molecule has 1 fully saturated rings. The fourth-order valence-corrected chi connectivity index (χ4v) is 2.45. The smallest absolute Gasteiger partial charge is 0.187 e. The number of ether oxygens (including phenoxy) is 2. The highest BCUT2D eigenvalue weighted by Crippen LogP contribution is 2.28. The van der Waals surface area contributed by atoms with Gasteiger partial charge in [0, 0.05) is 12.5 Å². The van der Waals surface area contributed by atoms with Crippen molar-refractivity contribution >= 4 is 0 Å². The van der Waals surface area contributed by atoms with Gasteiger partial charge < -0.3 is 35.0 Å². The molecule has 5 N–H and O–H groups in total. The maximum absolute atomic E-state index is 9.93. The number of rotatable bonds is 3. The summed E-state index contributed by atoms with van der Waals surface area (Å²) in [6, 6.07) is 1.86. The molecular formula is C14H19NO7. The van der Waals surface area contributed by atoms with Crippen LogP contribution in [0.3, 0.4) is 0 Å². The van der Waals surface area contributed by atoms with Gasteiger partial charge in [-0.25, -0.2) is 0 Å². The maximum atomic E-state index is 9.93. The van der Waals surface area contributed by atoms with Gasteiger partial charge in [-0.05, 0) is 5.57 Å². The van der Waals surface area contributed by atoms with Crippen LogP contribution in [0, 0.1) is 11.3 Å². The molecule has 7 atom stereocenters. The predicted molar refractivity (Wildman–Crippen MR) is 72.1 cm³/mol. The standard InChI is InChI=1S/C14H19NO7/c15-4-3-7-1-2-8(17)5-9(7)21-14-13(20)12(19)11(18)10(6-16)22-14/h1-3,8-14,16-20H,5-6H2/b7-3-. The summed E-state index contributed by atoms with van der Waals surface area (Å²) < 4.78 is 10.8. The summed E-state index contributed by atoms with van der Waals surface area (Å²) in [7, 11) is 0. The Morgan fingerprint density at radius 1 is 1.27 bits per heavy atom. The molecule has 122 valence electrons. The van der Waals surface area contributed by atoms with Gasteiger partial charge in [0.15, 0.2) is 6.29 Å². The van der Waals surface area contributed by atoms with Crippen molar-refractivity contribution in [2.75, 3.05) is 6.61 Å². The molecule has 0 aromatic heterocycles. The van der Waals surface area contributed by atoms with E-state index < -0.39 is 49.5 Å². The Balaban J connectivity index is 2.12. The van der Waals surface area contributed by atoms with Crippen molar-refractivity contribution in [1.82, 2.24) is 0 Å². The first-order valence-electron chi connectivity index (χ1n) is 6.89. The first-order chi connectivity index (χ1) is 10.5. The van der Waals surface area contributed by atoms with E-state index in [4.69, 9.17) is 19.8 Å². The van der Waals surface area contributed by atoms with Crippen LogP contribution in [0.4, 0.5) is 0 Å². The zero-order valence-corrected chi connectivity index (χ0v) is 11.7. The quantitative estimate of drug-likeness (QED) is 0.374. The third-order valence-corrected chi connectivity index (χ3v) is 3.72. The fraction of sp³-hybridized carbons (Fsp3) is 0.643. The number of nitrogens with zero attached hydrogens (tertiary/aromatic N) is 1. The molecule has 1 aliphatic carbocycles. The van der Waals surface area contributed by atoms with Crippen LogP contribution in [0.5, 0.6) is 0 Å². The molecule has 0 spiro atoms. The van der Waals surface area contributed by atoms with E-state index in [9.17, 15) is 20.4 Å². The summed E-state index contributed by atoms with van der Waals surface area (Å²) in [5.41, 5.74) is 0.491. The lowest BCUT2D eigenvalue weighted by molar-refractivity contribution is -0.309. The highest BCUT2D eigenvalue weighted by molar-refractivity contribution is 5.32. The largest absolute Gasteiger partial charge is 0.394 e. The predicted octanol–water partition coefficient (Wildman–Crippen LogP) is -2.06. The van der Waals surface area contributed by atoms with Crippen LogP contribution in [0.25, 0.3) is 0 Å². The third-order valence-electron chi connectivity index (χ3n) is 3.72. The van der Waals surface area contributed by atoms with Gasteiger partial charge in [-0.15, -0.1) is 0 Å². The molecule has 0 saturated carbocycles. The van der Waals surface area contributed by atoms with Gasteiger partial charge in [0.05, 0.1) is 24.9 Å². The maximum Gasteiger partial charge on any atom is 0.187 e. The number of hydrogen-bond donors (Lipinski definition) is 5. The molecule has 0 amide bonds. The minimum atomic E-state index is -1.54. The van der Waals surface area contributed by atoms with E-state index in [2.05, 4.69) is 0 Å². The molecule has 0 aromatic rings. The summed E-state index contributed by atoms with van der Waals surface area (Å²) in [4.78, 5) is 0. The number of allylic oxidation sites excluding steroid dienone is 1. The van der Waals surface area contributed by atoms with E-state index in [-0.39, 0.29) is 6.42 Å². The molecular weight excluding hydrogens is 294 g/mol. The summed E-state index contributed by atoms with van der Waals surface area (Å²) in [6.45, 7) is -0.557. The Kier molecular flexibility index (Phi) is 5.66. The molecule has 2 aliphatic rings. The lowest BCUT2D eigenvalue weighted by Crippen LogP contribution is -2.59. The molecule has 7 unspecified atom stereocenters. The minimum Gasteiger partial charge on any atom is -0.394 e. The molecule has 0 bridgehead atoms. The zero-order chi connectivity index (χ0) is 16.3. The number of aliphatic hydroxyl groups is 5. The van der Waals surface area contributed by atoms with Crippen molar-refractivity contribution in [3.05, 3.63) is 23.8 Å². The molecule has 2 rings (SSSR count). The van der Waals surface area contributed by atoms with Crippen LogP contribution in [0.1, 0.15) is 6.42 Å². The third kappa shape index (κ3) is 3.53. The highest BCUT2D eigenvalue weighted by Gasteiger charge is 2.45. The van der Waals surface area contributed by atoms with E-state index in [1.807, 2.05) is 6.07 Å². The van der Waals surface area contributed by atoms with Crippen LogP contribution in [-0.4, -0.2) is 75.1 Å². The lowest BCUT2D eigenvalue weighted by Gasteiger charge is -2.41. The Morgan fingerprint density at radius 3 is 2.64 bits per heavy atom. The molecule has 0 aromatic carbocycles. The summed E-state index contributed by atoms with van der Waals surface area (Å²) in [6.07, 6.45) is -3.96. The van der Waals surface area contributed by atoms with Crippen LogP contribution >= 0.6 is 0 Å². The second kappa shape index (κ2) is 7.30. The normalized spacial score (nSPS) is 44.0. The highest BCUT2D eigenvalue weighted by atomic mass is 16.7. The number of nitriles is 1. The topological polar surface area (TPSA) is 143 Å². The van der Waals surface area contributed by atoms with Crippen LogP contribution in [0.2, 0.25) is 0 Å². The Morgan fingerprint density at radius 2 is 2.00 bits per heavy atom. The van der Waals surface area contributed by atoms with Crippen molar-refractivity contribution < 1.29 is 35.0 Å². The van der Waals surface area contributed by atoms with Gasteiger partial charge in [-0.1, -0.05) is 12.2 Å². The van der Waals surface area contributed by atoms with Gasteiger partial charge in [-0.3, -0.25) is 0 Å². The Hall–Kier alpha value is -1.31. The Bertz CT molecular complexity index is 484. The van der Waals surface area contributed by atoms with Crippen LogP contribution in [-0.2, 0) is 9.47 Å². The molecule has 1 saturated heterocycles. The van der Waals surface area contributed by atoms with Gasteiger partial charge in [0.1, 0.15) is 24.4 Å². The summed E-state index contributed by atoms with van der Waals surface area (Å²) >= 11 is 0. The number of aliphatic hydroxyl groups excluding tert-OH is 5. The van der Waals surface area contributed by atoms with E-state index in [0.717, 1.165) is 0 Å². The van der Waals surface area contributed by atoms with Crippen molar-refractivity contribution in [2.45, 2.75) is 49.3 Å². The molecule has 1 aliphatic heterocycles. The van der Waals surface area contributed by atoms with Crippen molar-refractivity contribution in [2.24, 2.45) is 0 Å². The van der Waals surface area contributed by atoms with Gasteiger partial charge >= 0.3 is 0 Å². The molecule has 8 heteroatoms. The van der Waals surface area contributed by atoms with Crippen LogP contribution in [0.15, 0.2) is 23.8 Å². The Labute approximate surface area is 127 Å². The number of hydrogen-bond acceptors (Lipinski definition) is 8. The van der Waals surface area contributed by atoms with Gasteiger partial charge in [0.2, 0.25) is 0 Å². The van der Waals surface area contributed by atoms with E-state index in [0.29, 0.717) is 5.57 Å². The van der Waals surface area contributed by atoms with Crippen molar-refractivity contribution in [3.8, 4) is 6.07 Å².